The Kier molecular flexibility index (Phi) is 14.5. The summed E-state index contributed by atoms with van der Waals surface area (Å²) in [5.74, 6) is -4.93. The van der Waals surface area contributed by atoms with Gasteiger partial charge < -0.3 is 30.1 Å². The molecule has 1 aromatic heterocycles. The van der Waals surface area contributed by atoms with Gasteiger partial charge in [-0.3, -0.25) is 5.10 Å². The van der Waals surface area contributed by atoms with Gasteiger partial charge in [0, 0.05) is 36.4 Å². The third kappa shape index (κ3) is 13.6. The summed E-state index contributed by atoms with van der Waals surface area (Å²) in [6.07, 6.45) is -6.62. The summed E-state index contributed by atoms with van der Waals surface area (Å²) in [7, 11) is 5.54. The van der Waals surface area contributed by atoms with E-state index in [1.807, 2.05) is 61.5 Å². The lowest BCUT2D eigenvalue weighted by Crippen LogP contribution is -2.39. The van der Waals surface area contributed by atoms with Gasteiger partial charge >= 0.3 is 30.3 Å². The Hall–Kier alpha value is -4.51. The Balaban J connectivity index is 0.000000574. The van der Waals surface area contributed by atoms with Gasteiger partial charge in [0.2, 0.25) is 0 Å². The number of carbonyl (C=O) groups excluding carboxylic acids is 1. The fourth-order valence-corrected chi connectivity index (χ4v) is 3.22. The highest BCUT2D eigenvalue weighted by Crippen LogP contribution is 2.30. The number of anilines is 1. The average Bonchev–Trinajstić information content (AvgIpc) is 3.46. The van der Waals surface area contributed by atoms with Crippen molar-refractivity contribution in [3.05, 3.63) is 65.4 Å². The van der Waals surface area contributed by atoms with Gasteiger partial charge in [-0.2, -0.15) is 31.4 Å². The van der Waals surface area contributed by atoms with Crippen LogP contribution in [0.25, 0.3) is 11.1 Å². The lowest BCUT2D eigenvalue weighted by molar-refractivity contribution is -0.193. The van der Waals surface area contributed by atoms with Crippen LogP contribution in [0.1, 0.15) is 5.56 Å². The highest BCUT2D eigenvalue weighted by Gasteiger charge is 2.38. The van der Waals surface area contributed by atoms with Crippen LogP contribution >= 0.6 is 11.6 Å². The van der Waals surface area contributed by atoms with E-state index in [1.165, 1.54) is 0 Å². The molecule has 0 unspecified atom stereocenters. The molecule has 3 rings (SSSR count). The number of nitrogens with one attached hydrogen (secondary N) is 2. The van der Waals surface area contributed by atoms with Crippen LogP contribution in [0.2, 0.25) is 5.02 Å². The van der Waals surface area contributed by atoms with Gasteiger partial charge in [-0.05, 0) is 49.5 Å². The highest BCUT2D eigenvalue weighted by atomic mass is 35.5. The topological polar surface area (TPSA) is 148 Å². The quantitative estimate of drug-likeness (QED) is 0.229. The molecule has 2 amide bonds. The van der Waals surface area contributed by atoms with Gasteiger partial charge in [0.15, 0.2) is 0 Å². The zero-order valence-corrected chi connectivity index (χ0v) is 24.1. The van der Waals surface area contributed by atoms with Gasteiger partial charge in [-0.15, -0.1) is 0 Å². The number of ether oxygens (including phenoxy) is 1. The second-order valence-corrected chi connectivity index (χ2v) is 9.23. The van der Waals surface area contributed by atoms with E-state index >= 15 is 0 Å². The van der Waals surface area contributed by atoms with E-state index < -0.39 is 24.3 Å². The molecule has 2 aromatic carbocycles. The number of hydrogen-bond donors (Lipinski definition) is 4. The van der Waals surface area contributed by atoms with Crippen LogP contribution < -0.4 is 10.1 Å². The third-order valence-electron chi connectivity index (χ3n) is 5.13. The summed E-state index contributed by atoms with van der Waals surface area (Å²) in [6.45, 7) is 1.76. The number of amides is 2. The number of likely N-dealkylation sites (N-methyl/N-ethyl adjacent to an activating group) is 1. The van der Waals surface area contributed by atoms with E-state index in [1.54, 1.807) is 24.4 Å². The first kappa shape index (κ1) is 37.5. The fourth-order valence-electron chi connectivity index (χ4n) is 3.01. The molecule has 0 saturated carbocycles. The Labute approximate surface area is 252 Å². The Morgan fingerprint density at radius 2 is 1.55 bits per heavy atom. The molecule has 0 radical (unpaired) electrons. The van der Waals surface area contributed by atoms with E-state index in [0.717, 1.165) is 23.2 Å². The summed E-state index contributed by atoms with van der Waals surface area (Å²) in [4.78, 5) is 34.7. The van der Waals surface area contributed by atoms with Gasteiger partial charge in [-0.25, -0.2) is 14.4 Å². The number of hydrogen-bond acceptors (Lipinski definition) is 6. The molecule has 1 heterocycles. The lowest BCUT2D eigenvalue weighted by Gasteiger charge is -2.25. The standard InChI is InChI=1S/C22H26ClN5O2.2C2HF3O2/c1-27(2)9-10-28(15-16-5-4-6-19(23)11-16)22(29)26-20-8-7-17(12-21(20)30-3)18-13-24-25-14-18;2*3-2(4,5)1(6)7/h4-8,11-14H,9-10,15H2,1-3H3,(H,24,25)(H,26,29);2*(H,6,7). The maximum absolute atomic E-state index is 13.1. The van der Waals surface area contributed by atoms with Gasteiger partial charge in [-0.1, -0.05) is 29.8 Å². The number of benzene rings is 2. The smallest absolute Gasteiger partial charge is 0.490 e. The SMILES string of the molecule is COc1cc(-c2cn[nH]c2)ccc1NC(=O)N(CCN(C)C)Cc1cccc(Cl)c1.O=C(O)C(F)(F)F.O=C(O)C(F)(F)F. The number of carboxylic acids is 2. The summed E-state index contributed by atoms with van der Waals surface area (Å²) in [6, 6.07) is 13.0. The normalized spacial score (nSPS) is 11.0. The van der Waals surface area contributed by atoms with E-state index in [9.17, 15) is 31.1 Å². The highest BCUT2D eigenvalue weighted by molar-refractivity contribution is 6.30. The van der Waals surface area contributed by atoms with Crippen LogP contribution in [0.3, 0.4) is 0 Å². The predicted molar refractivity (Wildman–Crippen MR) is 147 cm³/mol. The number of H-pyrrole nitrogens is 1. The molecule has 242 valence electrons. The van der Waals surface area contributed by atoms with Crippen LogP contribution in [-0.2, 0) is 16.1 Å². The van der Waals surface area contributed by atoms with Crippen molar-refractivity contribution in [3.63, 3.8) is 0 Å². The van der Waals surface area contributed by atoms with Crippen LogP contribution in [-0.4, -0.2) is 94.8 Å². The van der Waals surface area contributed by atoms with Crippen LogP contribution in [0, 0.1) is 0 Å². The molecular weight excluding hydrogens is 628 g/mol. The number of methoxy groups -OCH3 is 1. The van der Waals surface area contributed by atoms with Gasteiger partial charge in [0.1, 0.15) is 5.75 Å². The number of rotatable bonds is 8. The van der Waals surface area contributed by atoms with Crippen molar-refractivity contribution in [1.29, 1.82) is 0 Å². The number of aromatic nitrogens is 2. The van der Waals surface area contributed by atoms with Crippen molar-refractivity contribution in [2.45, 2.75) is 18.9 Å². The number of nitrogens with zero attached hydrogens (tertiary/aromatic N) is 3. The number of aromatic amines is 1. The number of alkyl halides is 6. The molecular formula is C26H28ClF6N5O6. The summed E-state index contributed by atoms with van der Waals surface area (Å²) >= 11 is 6.11. The molecule has 0 aliphatic heterocycles. The molecule has 3 aromatic rings. The zero-order chi connectivity index (χ0) is 33.7. The van der Waals surface area contributed by atoms with Crippen LogP contribution in [0.4, 0.5) is 36.8 Å². The molecule has 0 aliphatic rings. The molecule has 0 aliphatic carbocycles. The van der Waals surface area contributed by atoms with Crippen molar-refractivity contribution in [3.8, 4) is 16.9 Å². The second kappa shape index (κ2) is 17.0. The minimum absolute atomic E-state index is 0.203. The number of urea groups is 1. The first-order valence-corrected chi connectivity index (χ1v) is 12.5. The van der Waals surface area contributed by atoms with E-state index in [4.69, 9.17) is 36.1 Å². The molecule has 0 atom stereocenters. The maximum Gasteiger partial charge on any atom is 0.490 e. The zero-order valence-electron chi connectivity index (χ0n) is 23.3. The Morgan fingerprint density at radius 3 is 2.00 bits per heavy atom. The number of carboxylic acid groups (broad SMARTS) is 2. The third-order valence-corrected chi connectivity index (χ3v) is 5.36. The summed E-state index contributed by atoms with van der Waals surface area (Å²) < 4.78 is 69.0. The summed E-state index contributed by atoms with van der Waals surface area (Å²) in [5, 5.41) is 24.6. The van der Waals surface area contributed by atoms with Crippen LogP contribution in [0.5, 0.6) is 5.75 Å². The Morgan fingerprint density at radius 1 is 0.955 bits per heavy atom. The minimum Gasteiger partial charge on any atom is -0.495 e. The Bertz CT molecular complexity index is 1350. The molecule has 18 heteroatoms. The van der Waals surface area contributed by atoms with E-state index in [-0.39, 0.29) is 6.03 Å². The van der Waals surface area contributed by atoms with Crippen LogP contribution in [0.15, 0.2) is 54.9 Å². The van der Waals surface area contributed by atoms with Crippen molar-refractivity contribution in [2.75, 3.05) is 39.6 Å². The first-order valence-electron chi connectivity index (χ1n) is 12.1. The molecule has 0 bridgehead atoms. The minimum atomic E-state index is -5.08. The number of carbonyl (C=O) groups is 3. The summed E-state index contributed by atoms with van der Waals surface area (Å²) in [5.41, 5.74) is 3.47. The van der Waals surface area contributed by atoms with Crippen molar-refractivity contribution < 1.29 is 55.7 Å². The largest absolute Gasteiger partial charge is 0.495 e. The van der Waals surface area contributed by atoms with Crippen molar-refractivity contribution >= 4 is 35.3 Å². The van der Waals surface area contributed by atoms with Gasteiger partial charge in [0.25, 0.3) is 0 Å². The average molecular weight is 656 g/mol. The van der Waals surface area contributed by atoms with Crippen molar-refractivity contribution in [2.24, 2.45) is 0 Å². The number of halogens is 7. The van der Waals surface area contributed by atoms with Gasteiger partial charge in [0.05, 0.1) is 19.0 Å². The fraction of sp³-hybridized carbons (Fsp3) is 0.308. The van der Waals surface area contributed by atoms with E-state index in [0.29, 0.717) is 29.5 Å². The molecule has 4 N–H and O–H groups in total. The van der Waals surface area contributed by atoms with E-state index in [2.05, 4.69) is 15.5 Å². The molecule has 0 spiro atoms. The van der Waals surface area contributed by atoms with Crippen molar-refractivity contribution in [1.82, 2.24) is 20.0 Å². The molecule has 11 nitrogen and oxygen atoms in total. The molecule has 44 heavy (non-hydrogen) atoms. The monoisotopic (exact) mass is 655 g/mol. The maximum atomic E-state index is 13.1. The lowest BCUT2D eigenvalue weighted by atomic mass is 10.1. The molecule has 0 fully saturated rings. The predicted octanol–water partition coefficient (Wildman–Crippen LogP) is 5.60. The number of aliphatic carboxylic acids is 2. The first-order chi connectivity index (χ1) is 20.3. The second-order valence-electron chi connectivity index (χ2n) is 8.79. The molecule has 0 saturated heterocycles.